The summed E-state index contributed by atoms with van der Waals surface area (Å²) in [6.07, 6.45) is 4.56. The predicted octanol–water partition coefficient (Wildman–Crippen LogP) is 2.07. The van der Waals surface area contributed by atoms with E-state index in [4.69, 9.17) is 5.11 Å². The Hall–Kier alpha value is -2.69. The molecule has 114 valence electrons. The van der Waals surface area contributed by atoms with E-state index in [1.165, 1.54) is 6.20 Å². The van der Waals surface area contributed by atoms with Crippen molar-refractivity contribution in [2.75, 3.05) is 6.54 Å². The summed E-state index contributed by atoms with van der Waals surface area (Å²) in [6, 6.07) is 11.2. The highest BCUT2D eigenvalue weighted by Crippen LogP contribution is 2.07. The summed E-state index contributed by atoms with van der Waals surface area (Å²) < 4.78 is 0. The smallest absolute Gasteiger partial charge is 0.303 e. The first-order valence-electron chi connectivity index (χ1n) is 7.13. The van der Waals surface area contributed by atoms with E-state index in [-0.39, 0.29) is 12.3 Å². The number of carboxylic acid groups (broad SMARTS) is 1. The Morgan fingerprint density at radius 3 is 2.32 bits per heavy atom. The number of carboxylic acids is 1. The van der Waals surface area contributed by atoms with Crippen LogP contribution in [0.5, 0.6) is 0 Å². The summed E-state index contributed by atoms with van der Waals surface area (Å²) in [5.41, 5.74) is 2.66. The van der Waals surface area contributed by atoms with Crippen LogP contribution in [0.2, 0.25) is 0 Å². The number of carbonyl (C=O) groups excluding carboxylic acids is 1. The highest BCUT2D eigenvalue weighted by Gasteiger charge is 2.04. The molecule has 5 nitrogen and oxygen atoms in total. The molecule has 2 rings (SSSR count). The average molecular weight is 298 g/mol. The summed E-state index contributed by atoms with van der Waals surface area (Å²) in [5.74, 6) is -0.923. The lowest BCUT2D eigenvalue weighted by molar-refractivity contribution is -0.136. The maximum Gasteiger partial charge on any atom is 0.303 e. The Bertz CT molecular complexity index is 624. The van der Waals surface area contributed by atoms with Crippen LogP contribution >= 0.6 is 0 Å². The van der Waals surface area contributed by atoms with Gasteiger partial charge >= 0.3 is 5.97 Å². The van der Waals surface area contributed by atoms with Gasteiger partial charge in [0.15, 0.2) is 0 Å². The van der Waals surface area contributed by atoms with E-state index >= 15 is 0 Å². The number of amides is 1. The molecule has 0 aliphatic heterocycles. The fourth-order valence-electron chi connectivity index (χ4n) is 2.04. The van der Waals surface area contributed by atoms with Gasteiger partial charge in [-0.2, -0.15) is 0 Å². The van der Waals surface area contributed by atoms with Crippen LogP contribution in [0.3, 0.4) is 0 Å². The van der Waals surface area contributed by atoms with E-state index in [1.807, 2.05) is 24.3 Å². The van der Waals surface area contributed by atoms with Gasteiger partial charge in [0, 0.05) is 25.4 Å². The summed E-state index contributed by atoms with van der Waals surface area (Å²) in [6.45, 7) is 0.544. The van der Waals surface area contributed by atoms with Gasteiger partial charge in [-0.05, 0) is 36.1 Å². The van der Waals surface area contributed by atoms with Gasteiger partial charge in [0.2, 0.25) is 0 Å². The molecule has 0 radical (unpaired) electrons. The second-order valence-corrected chi connectivity index (χ2v) is 4.96. The van der Waals surface area contributed by atoms with Gasteiger partial charge in [0.1, 0.15) is 0 Å². The van der Waals surface area contributed by atoms with Crippen molar-refractivity contribution < 1.29 is 14.7 Å². The number of rotatable bonds is 7. The van der Waals surface area contributed by atoms with Crippen LogP contribution in [0.15, 0.2) is 48.8 Å². The first-order chi connectivity index (χ1) is 10.6. The lowest BCUT2D eigenvalue weighted by atomic mass is 10.1. The molecule has 22 heavy (non-hydrogen) atoms. The van der Waals surface area contributed by atoms with Crippen LogP contribution in [-0.2, 0) is 17.6 Å². The average Bonchev–Trinajstić information content (AvgIpc) is 2.55. The molecule has 0 aliphatic rings. The van der Waals surface area contributed by atoms with Gasteiger partial charge in [0.25, 0.3) is 5.91 Å². The summed E-state index contributed by atoms with van der Waals surface area (Å²) in [7, 11) is 0. The Morgan fingerprint density at radius 1 is 1.05 bits per heavy atom. The van der Waals surface area contributed by atoms with Crippen molar-refractivity contribution in [1.29, 1.82) is 0 Å². The minimum Gasteiger partial charge on any atom is -0.481 e. The van der Waals surface area contributed by atoms with Crippen molar-refractivity contribution in [3.8, 4) is 0 Å². The molecule has 0 saturated carbocycles. The summed E-state index contributed by atoms with van der Waals surface area (Å²) >= 11 is 0. The molecule has 0 spiro atoms. The van der Waals surface area contributed by atoms with Crippen LogP contribution in [0, 0.1) is 0 Å². The van der Waals surface area contributed by atoms with Crippen LogP contribution in [0.25, 0.3) is 0 Å². The van der Waals surface area contributed by atoms with E-state index in [9.17, 15) is 9.59 Å². The van der Waals surface area contributed by atoms with Gasteiger partial charge in [0.05, 0.1) is 5.56 Å². The number of aromatic nitrogens is 1. The van der Waals surface area contributed by atoms with E-state index in [0.29, 0.717) is 18.5 Å². The SMILES string of the molecule is O=C(O)CCc1ccc(CCNC(=O)c2cccnc2)cc1. The fourth-order valence-corrected chi connectivity index (χ4v) is 2.04. The number of carbonyl (C=O) groups is 2. The molecule has 2 aromatic rings. The lowest BCUT2D eigenvalue weighted by Gasteiger charge is -2.06. The Kier molecular flexibility index (Phi) is 5.65. The second kappa shape index (κ2) is 7.93. The van der Waals surface area contributed by atoms with Crippen LogP contribution in [0.4, 0.5) is 0 Å². The third-order valence-corrected chi connectivity index (χ3v) is 3.27. The summed E-state index contributed by atoms with van der Waals surface area (Å²) in [5, 5.41) is 11.5. The molecule has 1 amide bonds. The molecule has 1 aromatic carbocycles. The molecule has 1 heterocycles. The van der Waals surface area contributed by atoms with Crippen molar-refractivity contribution in [2.45, 2.75) is 19.3 Å². The third kappa shape index (κ3) is 5.01. The monoisotopic (exact) mass is 298 g/mol. The lowest BCUT2D eigenvalue weighted by Crippen LogP contribution is -2.25. The van der Waals surface area contributed by atoms with Gasteiger partial charge in [-0.25, -0.2) is 0 Å². The van der Waals surface area contributed by atoms with Crippen molar-refractivity contribution in [2.24, 2.45) is 0 Å². The first kappa shape index (κ1) is 15.7. The zero-order chi connectivity index (χ0) is 15.8. The van der Waals surface area contributed by atoms with Gasteiger partial charge < -0.3 is 10.4 Å². The molecule has 0 atom stereocenters. The van der Waals surface area contributed by atoms with Crippen molar-refractivity contribution in [3.63, 3.8) is 0 Å². The quantitative estimate of drug-likeness (QED) is 0.820. The number of aryl methyl sites for hydroxylation is 1. The van der Waals surface area contributed by atoms with E-state index in [1.54, 1.807) is 18.3 Å². The van der Waals surface area contributed by atoms with Crippen LogP contribution in [-0.4, -0.2) is 28.5 Å². The standard InChI is InChI=1S/C17H18N2O3/c20-16(21)8-7-13-3-5-14(6-4-13)9-11-19-17(22)15-2-1-10-18-12-15/h1-6,10,12H,7-9,11H2,(H,19,22)(H,20,21). The number of nitrogens with one attached hydrogen (secondary N) is 1. The largest absolute Gasteiger partial charge is 0.481 e. The second-order valence-electron chi connectivity index (χ2n) is 4.96. The molecule has 2 N–H and O–H groups in total. The molecule has 0 saturated heterocycles. The summed E-state index contributed by atoms with van der Waals surface area (Å²) in [4.78, 5) is 26.3. The van der Waals surface area contributed by atoms with Gasteiger partial charge in [-0.15, -0.1) is 0 Å². The number of benzene rings is 1. The van der Waals surface area contributed by atoms with Crippen LogP contribution in [0.1, 0.15) is 27.9 Å². The minimum absolute atomic E-state index is 0.133. The molecular weight excluding hydrogens is 280 g/mol. The number of pyridine rings is 1. The van der Waals surface area contributed by atoms with Gasteiger partial charge in [-0.3, -0.25) is 14.6 Å². The zero-order valence-electron chi connectivity index (χ0n) is 12.2. The van der Waals surface area contributed by atoms with Crippen LogP contribution < -0.4 is 5.32 Å². The zero-order valence-corrected chi connectivity index (χ0v) is 12.2. The number of hydrogen-bond donors (Lipinski definition) is 2. The number of hydrogen-bond acceptors (Lipinski definition) is 3. The molecule has 0 aliphatic carbocycles. The highest BCUT2D eigenvalue weighted by molar-refractivity contribution is 5.93. The maximum atomic E-state index is 11.8. The topological polar surface area (TPSA) is 79.3 Å². The van der Waals surface area contributed by atoms with E-state index in [0.717, 1.165) is 17.5 Å². The number of nitrogens with zero attached hydrogens (tertiary/aromatic N) is 1. The third-order valence-electron chi connectivity index (χ3n) is 3.27. The molecule has 0 fully saturated rings. The predicted molar refractivity (Wildman–Crippen MR) is 82.7 cm³/mol. The molecule has 5 heteroatoms. The van der Waals surface area contributed by atoms with E-state index < -0.39 is 5.97 Å². The van der Waals surface area contributed by atoms with Crippen molar-refractivity contribution >= 4 is 11.9 Å². The Balaban J connectivity index is 1.77. The number of aliphatic carboxylic acids is 1. The Labute approximate surface area is 129 Å². The fraction of sp³-hybridized carbons (Fsp3) is 0.235. The van der Waals surface area contributed by atoms with E-state index in [2.05, 4.69) is 10.3 Å². The molecule has 0 unspecified atom stereocenters. The Morgan fingerprint density at radius 2 is 1.73 bits per heavy atom. The molecule has 0 bridgehead atoms. The highest BCUT2D eigenvalue weighted by atomic mass is 16.4. The van der Waals surface area contributed by atoms with Crippen molar-refractivity contribution in [3.05, 3.63) is 65.5 Å². The minimum atomic E-state index is -0.790. The van der Waals surface area contributed by atoms with Gasteiger partial charge in [-0.1, -0.05) is 24.3 Å². The normalized spacial score (nSPS) is 10.2. The molecule has 1 aromatic heterocycles. The van der Waals surface area contributed by atoms with Crippen molar-refractivity contribution in [1.82, 2.24) is 10.3 Å². The first-order valence-corrected chi connectivity index (χ1v) is 7.13. The molecular formula is C17H18N2O3. The maximum absolute atomic E-state index is 11.8.